The third kappa shape index (κ3) is 4.37. The van der Waals surface area contributed by atoms with Gasteiger partial charge in [-0.05, 0) is 24.3 Å². The second kappa shape index (κ2) is 8.08. The minimum absolute atomic E-state index is 0.187. The largest absolute Gasteiger partial charge is 0.497 e. The molecule has 0 radical (unpaired) electrons. The van der Waals surface area contributed by atoms with Crippen molar-refractivity contribution in [3.05, 3.63) is 36.2 Å². The van der Waals surface area contributed by atoms with E-state index in [1.54, 1.807) is 31.4 Å². The minimum atomic E-state index is -1.22. The molecular weight excluding hydrogens is 374 g/mol. The SMILES string of the molecule is COc1ccc(NC(=O)C2CSCN2C(=O)Cn2cc(C(=O)O)nn2)cc1. The molecule has 10 nitrogen and oxygen atoms in total. The second-order valence-electron chi connectivity index (χ2n) is 5.70. The van der Waals surface area contributed by atoms with Crippen LogP contribution in [0.25, 0.3) is 0 Å². The monoisotopic (exact) mass is 391 g/mol. The Hall–Kier alpha value is -3.08. The van der Waals surface area contributed by atoms with E-state index in [9.17, 15) is 14.4 Å². The molecule has 0 aliphatic carbocycles. The molecule has 1 saturated heterocycles. The highest BCUT2D eigenvalue weighted by atomic mass is 32.2. The fourth-order valence-electron chi connectivity index (χ4n) is 2.51. The maximum Gasteiger partial charge on any atom is 0.358 e. The van der Waals surface area contributed by atoms with Crippen molar-refractivity contribution in [1.82, 2.24) is 19.9 Å². The van der Waals surface area contributed by atoms with Gasteiger partial charge in [-0.1, -0.05) is 5.21 Å². The number of amides is 2. The molecule has 2 amide bonds. The normalized spacial score (nSPS) is 16.2. The quantitative estimate of drug-likeness (QED) is 0.730. The number of benzene rings is 1. The van der Waals surface area contributed by atoms with Crippen molar-refractivity contribution in [3.8, 4) is 5.75 Å². The van der Waals surface area contributed by atoms with Crippen LogP contribution in [0.5, 0.6) is 5.75 Å². The highest BCUT2D eigenvalue weighted by Crippen LogP contribution is 2.23. The number of aromatic carboxylic acids is 1. The number of rotatable bonds is 6. The molecule has 2 N–H and O–H groups in total. The summed E-state index contributed by atoms with van der Waals surface area (Å²) in [6.45, 7) is -0.187. The van der Waals surface area contributed by atoms with E-state index in [0.29, 0.717) is 23.1 Å². The molecule has 1 aliphatic heterocycles. The van der Waals surface area contributed by atoms with Gasteiger partial charge in [0.05, 0.1) is 19.2 Å². The smallest absolute Gasteiger partial charge is 0.358 e. The number of carboxylic acids is 1. The van der Waals surface area contributed by atoms with E-state index in [2.05, 4.69) is 15.6 Å². The number of thioether (sulfide) groups is 1. The highest BCUT2D eigenvalue weighted by Gasteiger charge is 2.34. The lowest BCUT2D eigenvalue weighted by Crippen LogP contribution is -2.45. The third-order valence-electron chi connectivity index (χ3n) is 3.92. The van der Waals surface area contributed by atoms with Gasteiger partial charge >= 0.3 is 5.97 Å². The molecule has 1 fully saturated rings. The summed E-state index contributed by atoms with van der Waals surface area (Å²) in [5.41, 5.74) is 0.361. The Morgan fingerprint density at radius 3 is 2.70 bits per heavy atom. The molecular formula is C16H17N5O5S. The van der Waals surface area contributed by atoms with E-state index in [1.165, 1.54) is 22.9 Å². The number of nitrogens with one attached hydrogen (secondary N) is 1. The summed E-state index contributed by atoms with van der Waals surface area (Å²) in [4.78, 5) is 37.4. The van der Waals surface area contributed by atoms with Gasteiger partial charge in [0.15, 0.2) is 5.69 Å². The summed E-state index contributed by atoms with van der Waals surface area (Å²) in [5.74, 6) is -0.317. The predicted octanol–water partition coefficient (Wildman–Crippen LogP) is 0.525. The van der Waals surface area contributed by atoms with E-state index in [0.717, 1.165) is 4.68 Å². The van der Waals surface area contributed by atoms with E-state index < -0.39 is 12.0 Å². The Balaban J connectivity index is 1.63. The number of carbonyl (C=O) groups is 3. The predicted molar refractivity (Wildman–Crippen MR) is 96.6 cm³/mol. The molecule has 2 heterocycles. The molecule has 1 aromatic carbocycles. The summed E-state index contributed by atoms with van der Waals surface area (Å²) in [6, 6.07) is 6.27. The van der Waals surface area contributed by atoms with E-state index >= 15 is 0 Å². The summed E-state index contributed by atoms with van der Waals surface area (Å²) in [5, 5.41) is 18.7. The highest BCUT2D eigenvalue weighted by molar-refractivity contribution is 7.99. The second-order valence-corrected chi connectivity index (χ2v) is 6.70. The molecule has 2 aromatic rings. The molecule has 1 aliphatic rings. The van der Waals surface area contributed by atoms with Crippen molar-refractivity contribution in [2.24, 2.45) is 0 Å². The molecule has 11 heteroatoms. The fraction of sp³-hybridized carbons (Fsp3) is 0.312. The van der Waals surface area contributed by atoms with Crippen LogP contribution in [0.1, 0.15) is 10.5 Å². The average molecular weight is 391 g/mol. The first-order chi connectivity index (χ1) is 13.0. The first-order valence-corrected chi connectivity index (χ1v) is 9.09. The van der Waals surface area contributed by atoms with E-state index in [1.807, 2.05) is 0 Å². The van der Waals surface area contributed by atoms with Gasteiger partial charge in [-0.3, -0.25) is 9.59 Å². The van der Waals surface area contributed by atoms with Crippen LogP contribution >= 0.6 is 11.8 Å². The topological polar surface area (TPSA) is 127 Å². The van der Waals surface area contributed by atoms with Crippen molar-refractivity contribution in [1.29, 1.82) is 0 Å². The summed E-state index contributed by atoms with van der Waals surface area (Å²) in [7, 11) is 1.56. The van der Waals surface area contributed by atoms with Crippen LogP contribution in [0.15, 0.2) is 30.5 Å². The minimum Gasteiger partial charge on any atom is -0.497 e. The fourth-order valence-corrected chi connectivity index (χ4v) is 3.69. The Morgan fingerprint density at radius 1 is 1.33 bits per heavy atom. The first kappa shape index (κ1) is 18.7. The van der Waals surface area contributed by atoms with Crippen molar-refractivity contribution >= 4 is 35.2 Å². The molecule has 1 unspecified atom stereocenters. The van der Waals surface area contributed by atoms with Crippen LogP contribution in [-0.2, 0) is 16.1 Å². The van der Waals surface area contributed by atoms with Crippen molar-refractivity contribution < 1.29 is 24.2 Å². The maximum atomic E-state index is 12.6. The van der Waals surface area contributed by atoms with Gasteiger partial charge in [0.2, 0.25) is 11.8 Å². The number of hydrogen-bond donors (Lipinski definition) is 2. The zero-order valence-corrected chi connectivity index (χ0v) is 15.2. The number of methoxy groups -OCH3 is 1. The van der Waals surface area contributed by atoms with Crippen LogP contribution in [0.3, 0.4) is 0 Å². The maximum absolute atomic E-state index is 12.6. The van der Waals surface area contributed by atoms with Crippen LogP contribution in [0.2, 0.25) is 0 Å². The zero-order chi connectivity index (χ0) is 19.4. The molecule has 3 rings (SSSR count). The molecule has 142 valence electrons. The molecule has 1 aromatic heterocycles. The Bertz CT molecular complexity index is 853. The Morgan fingerprint density at radius 2 is 2.07 bits per heavy atom. The van der Waals surface area contributed by atoms with Gasteiger partial charge in [0.1, 0.15) is 18.3 Å². The van der Waals surface area contributed by atoms with E-state index in [4.69, 9.17) is 9.84 Å². The molecule has 0 bridgehead atoms. The van der Waals surface area contributed by atoms with Crippen molar-refractivity contribution in [2.75, 3.05) is 24.1 Å². The summed E-state index contributed by atoms with van der Waals surface area (Å²) in [6.07, 6.45) is 1.18. The molecule has 27 heavy (non-hydrogen) atoms. The molecule has 0 spiro atoms. The average Bonchev–Trinajstić information content (AvgIpc) is 3.32. The lowest BCUT2D eigenvalue weighted by Gasteiger charge is -2.23. The van der Waals surface area contributed by atoms with Gasteiger partial charge in [0.25, 0.3) is 0 Å². The Kier molecular flexibility index (Phi) is 5.60. The van der Waals surface area contributed by atoms with Crippen LogP contribution in [-0.4, -0.2) is 67.6 Å². The van der Waals surface area contributed by atoms with Gasteiger partial charge < -0.3 is 20.1 Å². The number of hydrogen-bond acceptors (Lipinski definition) is 7. The third-order valence-corrected chi connectivity index (χ3v) is 4.93. The van der Waals surface area contributed by atoms with Crippen molar-refractivity contribution in [3.63, 3.8) is 0 Å². The number of carboxylic acid groups (broad SMARTS) is 1. The number of nitrogens with zero attached hydrogens (tertiary/aromatic N) is 4. The number of ether oxygens (including phenoxy) is 1. The van der Waals surface area contributed by atoms with Crippen molar-refractivity contribution in [2.45, 2.75) is 12.6 Å². The Labute approximate surface area is 158 Å². The van der Waals surface area contributed by atoms with Gasteiger partial charge in [-0.25, -0.2) is 9.48 Å². The lowest BCUT2D eigenvalue weighted by atomic mass is 10.2. The number of anilines is 1. The van der Waals surface area contributed by atoms with Crippen LogP contribution in [0.4, 0.5) is 5.69 Å². The summed E-state index contributed by atoms with van der Waals surface area (Å²) < 4.78 is 6.22. The van der Waals surface area contributed by atoms with Crippen LogP contribution in [0, 0.1) is 0 Å². The molecule has 1 atom stereocenters. The number of carbonyl (C=O) groups excluding carboxylic acids is 2. The van der Waals surface area contributed by atoms with Gasteiger partial charge in [-0.2, -0.15) is 0 Å². The van der Waals surface area contributed by atoms with Crippen LogP contribution < -0.4 is 10.1 Å². The standard InChI is InChI=1S/C16H17N5O5S/c1-26-11-4-2-10(3-5-11)17-15(23)13-8-27-9-21(13)14(22)7-20-6-12(16(24)25)18-19-20/h2-6,13H,7-9H2,1H3,(H,17,23)(H,24,25). The van der Waals surface area contributed by atoms with Gasteiger partial charge in [-0.15, -0.1) is 16.9 Å². The van der Waals surface area contributed by atoms with E-state index in [-0.39, 0.29) is 24.1 Å². The molecule has 0 saturated carbocycles. The lowest BCUT2D eigenvalue weighted by molar-refractivity contribution is -0.136. The summed E-state index contributed by atoms with van der Waals surface area (Å²) >= 11 is 1.47. The first-order valence-electron chi connectivity index (χ1n) is 7.93. The number of aromatic nitrogens is 3. The zero-order valence-electron chi connectivity index (χ0n) is 14.4. The van der Waals surface area contributed by atoms with Gasteiger partial charge in [0, 0.05) is 11.4 Å².